The lowest BCUT2D eigenvalue weighted by Gasteiger charge is -2.13. The Morgan fingerprint density at radius 3 is 2.63 bits per heavy atom. The lowest BCUT2D eigenvalue weighted by Crippen LogP contribution is -2.40. The lowest BCUT2D eigenvalue weighted by atomic mass is 10.1. The van der Waals surface area contributed by atoms with Crippen LogP contribution in [0, 0.1) is 6.92 Å². The van der Waals surface area contributed by atoms with Gasteiger partial charge in [-0.15, -0.1) is 11.3 Å². The Kier molecular flexibility index (Phi) is 5.97. The van der Waals surface area contributed by atoms with Crippen molar-refractivity contribution in [1.29, 1.82) is 0 Å². The topological polar surface area (TPSA) is 83.5 Å². The molecule has 0 amide bonds. The van der Waals surface area contributed by atoms with Crippen molar-refractivity contribution in [3.05, 3.63) is 15.4 Å². The predicted octanol–water partition coefficient (Wildman–Crippen LogP) is 2.74. The molecule has 2 N–H and O–H groups in total. The van der Waals surface area contributed by atoms with Crippen LogP contribution < -0.4 is 4.72 Å². The molecule has 108 valence electrons. The molecule has 0 saturated heterocycles. The maximum atomic E-state index is 12.1. The van der Waals surface area contributed by atoms with Crippen molar-refractivity contribution in [2.75, 3.05) is 0 Å². The number of rotatable bonds is 7. The summed E-state index contributed by atoms with van der Waals surface area (Å²) in [6.45, 7) is 3.71. The summed E-state index contributed by atoms with van der Waals surface area (Å²) in [5, 5.41) is 9.04. The number of unbranched alkanes of at least 4 members (excludes halogenated alkanes) is 1. The quantitative estimate of drug-likeness (QED) is 0.773. The van der Waals surface area contributed by atoms with Crippen LogP contribution in [0.1, 0.15) is 31.7 Å². The van der Waals surface area contributed by atoms with Crippen molar-refractivity contribution in [3.8, 4) is 0 Å². The highest BCUT2D eigenvalue weighted by atomic mass is 79.9. The van der Waals surface area contributed by atoms with E-state index in [1.165, 1.54) is 6.07 Å². The molecule has 1 atom stereocenters. The van der Waals surface area contributed by atoms with Gasteiger partial charge in [0.2, 0.25) is 0 Å². The van der Waals surface area contributed by atoms with Crippen molar-refractivity contribution in [2.24, 2.45) is 0 Å². The molecule has 0 aliphatic heterocycles. The number of thiophene rings is 1. The standard InChI is InChI=1S/C11H16BrNO4S2/c1-3-4-5-8(11(14)15)13-19(16,17)9-6-7(2)10(12)18-9/h6,8,13H,3-5H2,1-2H3,(H,14,15). The summed E-state index contributed by atoms with van der Waals surface area (Å²) in [6.07, 6.45) is 1.76. The first-order valence-electron chi connectivity index (χ1n) is 5.79. The maximum absolute atomic E-state index is 12.1. The molecular formula is C11H16BrNO4S2. The van der Waals surface area contributed by atoms with Gasteiger partial charge in [-0.25, -0.2) is 8.42 Å². The molecule has 0 spiro atoms. The van der Waals surface area contributed by atoms with E-state index in [0.29, 0.717) is 6.42 Å². The van der Waals surface area contributed by atoms with Crippen molar-refractivity contribution < 1.29 is 18.3 Å². The number of nitrogens with one attached hydrogen (secondary N) is 1. The van der Waals surface area contributed by atoms with E-state index in [9.17, 15) is 13.2 Å². The summed E-state index contributed by atoms with van der Waals surface area (Å²) in [7, 11) is -3.78. The zero-order chi connectivity index (χ0) is 14.6. The van der Waals surface area contributed by atoms with Gasteiger partial charge in [0.1, 0.15) is 10.3 Å². The average molecular weight is 370 g/mol. The van der Waals surface area contributed by atoms with E-state index in [2.05, 4.69) is 20.7 Å². The molecule has 1 aromatic rings. The minimum Gasteiger partial charge on any atom is -0.480 e. The molecule has 19 heavy (non-hydrogen) atoms. The Hall–Kier alpha value is -0.440. The van der Waals surface area contributed by atoms with Crippen molar-refractivity contribution in [2.45, 2.75) is 43.4 Å². The highest BCUT2D eigenvalue weighted by Crippen LogP contribution is 2.30. The van der Waals surface area contributed by atoms with Gasteiger partial charge in [0.15, 0.2) is 0 Å². The summed E-state index contributed by atoms with van der Waals surface area (Å²) in [4.78, 5) is 11.1. The highest BCUT2D eigenvalue weighted by Gasteiger charge is 2.26. The third-order valence-electron chi connectivity index (χ3n) is 2.54. The van der Waals surface area contributed by atoms with Crippen LogP contribution >= 0.6 is 27.3 Å². The molecule has 1 rings (SSSR count). The first-order chi connectivity index (χ1) is 8.77. The second-order valence-electron chi connectivity index (χ2n) is 4.18. The van der Waals surface area contributed by atoms with Crippen molar-refractivity contribution in [3.63, 3.8) is 0 Å². The van der Waals surface area contributed by atoms with Gasteiger partial charge in [-0.1, -0.05) is 19.8 Å². The number of carbonyl (C=O) groups is 1. The summed E-state index contributed by atoms with van der Waals surface area (Å²) in [6, 6.07) is 0.446. The number of sulfonamides is 1. The Balaban J connectivity index is 2.90. The van der Waals surface area contributed by atoms with Crippen LogP contribution in [0.15, 0.2) is 14.1 Å². The molecule has 1 heterocycles. The summed E-state index contributed by atoms with van der Waals surface area (Å²) in [5.41, 5.74) is 0.811. The zero-order valence-electron chi connectivity index (χ0n) is 10.6. The van der Waals surface area contributed by atoms with Crippen LogP contribution in [0.25, 0.3) is 0 Å². The largest absolute Gasteiger partial charge is 0.480 e. The first-order valence-corrected chi connectivity index (χ1v) is 8.88. The zero-order valence-corrected chi connectivity index (χ0v) is 13.9. The molecule has 0 aromatic carbocycles. The van der Waals surface area contributed by atoms with Crippen molar-refractivity contribution >= 4 is 43.3 Å². The van der Waals surface area contributed by atoms with Gasteiger partial charge in [0.05, 0.1) is 3.79 Å². The van der Waals surface area contributed by atoms with Gasteiger partial charge in [0.25, 0.3) is 10.0 Å². The minimum atomic E-state index is -3.78. The molecule has 0 aliphatic rings. The average Bonchev–Trinajstić information content (AvgIpc) is 2.65. The lowest BCUT2D eigenvalue weighted by molar-refractivity contribution is -0.139. The second kappa shape index (κ2) is 6.83. The van der Waals surface area contributed by atoms with Gasteiger partial charge in [0, 0.05) is 0 Å². The Morgan fingerprint density at radius 2 is 2.21 bits per heavy atom. The van der Waals surface area contributed by atoms with Crippen LogP contribution in [0.4, 0.5) is 0 Å². The van der Waals surface area contributed by atoms with Crippen LogP contribution in [0.3, 0.4) is 0 Å². The third-order valence-corrected chi connectivity index (χ3v) is 6.62. The molecule has 1 aromatic heterocycles. The first kappa shape index (κ1) is 16.6. The van der Waals surface area contributed by atoms with Gasteiger partial charge < -0.3 is 5.11 Å². The molecule has 0 bridgehead atoms. The minimum absolute atomic E-state index is 0.125. The molecule has 0 fully saturated rings. The Labute approximate surface area is 125 Å². The van der Waals surface area contributed by atoms with Crippen LogP contribution in [-0.2, 0) is 14.8 Å². The fourth-order valence-electron chi connectivity index (χ4n) is 1.45. The summed E-state index contributed by atoms with van der Waals surface area (Å²) >= 11 is 4.33. The normalized spacial score (nSPS) is 13.4. The molecule has 0 radical (unpaired) electrons. The van der Waals surface area contributed by atoms with Crippen LogP contribution in [0.5, 0.6) is 0 Å². The molecule has 1 unspecified atom stereocenters. The molecule has 0 saturated carbocycles. The number of carboxylic acid groups (broad SMARTS) is 1. The summed E-state index contributed by atoms with van der Waals surface area (Å²) in [5.74, 6) is -1.15. The number of aliphatic carboxylic acids is 1. The smallest absolute Gasteiger partial charge is 0.321 e. The second-order valence-corrected chi connectivity index (χ2v) is 8.49. The van der Waals surface area contributed by atoms with Gasteiger partial charge in [-0.05, 0) is 40.9 Å². The predicted molar refractivity (Wildman–Crippen MR) is 78.0 cm³/mol. The van der Waals surface area contributed by atoms with E-state index >= 15 is 0 Å². The van der Waals surface area contributed by atoms with Gasteiger partial charge in [-0.2, -0.15) is 4.72 Å². The Bertz CT molecular complexity index is 534. The summed E-state index contributed by atoms with van der Waals surface area (Å²) < 4.78 is 27.3. The molecule has 8 heteroatoms. The van der Waals surface area contributed by atoms with Gasteiger partial charge in [-0.3, -0.25) is 4.79 Å². The van der Waals surface area contributed by atoms with E-state index in [0.717, 1.165) is 27.1 Å². The van der Waals surface area contributed by atoms with Gasteiger partial charge >= 0.3 is 5.97 Å². The molecule has 5 nitrogen and oxygen atoms in total. The number of halogens is 1. The fourth-order valence-corrected chi connectivity index (χ4v) is 4.92. The van der Waals surface area contributed by atoms with Crippen LogP contribution in [0.2, 0.25) is 0 Å². The fraction of sp³-hybridized carbons (Fsp3) is 0.545. The van der Waals surface area contributed by atoms with E-state index in [1.54, 1.807) is 6.92 Å². The van der Waals surface area contributed by atoms with Crippen molar-refractivity contribution in [1.82, 2.24) is 4.72 Å². The maximum Gasteiger partial charge on any atom is 0.321 e. The SMILES string of the molecule is CCCCC(NS(=O)(=O)c1cc(C)c(Br)s1)C(=O)O. The van der Waals surface area contributed by atoms with E-state index in [4.69, 9.17) is 5.11 Å². The number of hydrogen-bond acceptors (Lipinski definition) is 4. The van der Waals surface area contributed by atoms with E-state index in [1.807, 2.05) is 6.92 Å². The molecule has 0 aliphatic carbocycles. The van der Waals surface area contributed by atoms with E-state index in [-0.39, 0.29) is 10.6 Å². The monoisotopic (exact) mass is 369 g/mol. The molecular weight excluding hydrogens is 354 g/mol. The number of hydrogen-bond donors (Lipinski definition) is 2. The van der Waals surface area contributed by atoms with Crippen LogP contribution in [-0.4, -0.2) is 25.5 Å². The van der Waals surface area contributed by atoms with E-state index < -0.39 is 22.0 Å². The highest BCUT2D eigenvalue weighted by molar-refractivity contribution is 9.11. The number of aryl methyl sites for hydroxylation is 1. The third kappa shape index (κ3) is 4.55. The number of carboxylic acids is 1. The Morgan fingerprint density at radius 1 is 1.58 bits per heavy atom.